The molecule has 4 aromatic carbocycles. The molecule has 256 valence electrons. The van der Waals surface area contributed by atoms with E-state index in [0.717, 1.165) is 31.4 Å². The minimum Gasteiger partial charge on any atom is -0.397 e. The van der Waals surface area contributed by atoms with Gasteiger partial charge in [-0.2, -0.15) is 0 Å². The molecular formula is C39H53Br2ClN4O. The van der Waals surface area contributed by atoms with Crippen LogP contribution in [-0.2, 0) is 4.79 Å². The molecule has 0 atom stereocenters. The number of H-pyrrole nitrogens is 1. The van der Waals surface area contributed by atoms with Gasteiger partial charge in [-0.05, 0) is 71.3 Å². The zero-order chi connectivity index (χ0) is 35.3. The molecule has 1 aromatic heterocycles. The zero-order valence-corrected chi connectivity index (χ0v) is 32.1. The molecule has 1 heterocycles. The van der Waals surface area contributed by atoms with Crippen molar-refractivity contribution in [1.29, 1.82) is 0 Å². The number of hydrogen-bond acceptors (Lipinski definition) is 4. The highest BCUT2D eigenvalue weighted by Crippen LogP contribution is 2.20. The van der Waals surface area contributed by atoms with Gasteiger partial charge in [0.2, 0.25) is 5.24 Å². The van der Waals surface area contributed by atoms with E-state index in [9.17, 15) is 4.79 Å². The number of nitrogens with zero attached hydrogens (tertiary/aromatic N) is 1. The van der Waals surface area contributed by atoms with Gasteiger partial charge in [0.25, 0.3) is 0 Å². The van der Waals surface area contributed by atoms with Crippen molar-refractivity contribution in [2.75, 3.05) is 11.5 Å². The molecule has 0 aliphatic carbocycles. The Labute approximate surface area is 305 Å². The van der Waals surface area contributed by atoms with Crippen LogP contribution in [0.25, 0.3) is 29.3 Å². The quantitative estimate of drug-likeness (QED) is 0.0959. The maximum atomic E-state index is 10.3. The number of carbonyl (C=O) groups excluding carboxylic acids is 1. The number of allylic oxidation sites excluding steroid dienone is 1. The number of rotatable bonds is 4. The van der Waals surface area contributed by atoms with Crippen molar-refractivity contribution in [2.24, 2.45) is 0 Å². The fraction of sp³-hybridized carbons (Fsp3) is 0.231. The number of aromatic nitrogens is 2. The average Bonchev–Trinajstić information content (AvgIpc) is 3.52. The van der Waals surface area contributed by atoms with E-state index >= 15 is 0 Å². The second-order valence-corrected chi connectivity index (χ2v) is 10.1. The Morgan fingerprint density at radius 2 is 1.13 bits per heavy atom. The SMILES string of the molecule is Brc1ccc2nc(/C=C/c3ccccc3)[nH]c2c1.C.CC.CC.CC.CC.Nc1ccc(Br)cc1N.O=C(Cl)/C=C/c1ccccc1. The topological polar surface area (TPSA) is 97.8 Å². The van der Waals surface area contributed by atoms with Gasteiger partial charge in [-0.3, -0.25) is 4.79 Å². The number of anilines is 2. The first-order valence-electron chi connectivity index (χ1n) is 15.4. The Morgan fingerprint density at radius 3 is 1.60 bits per heavy atom. The fourth-order valence-electron chi connectivity index (χ4n) is 3.09. The van der Waals surface area contributed by atoms with Gasteiger partial charge in [-0.1, -0.05) is 167 Å². The predicted octanol–water partition coefficient (Wildman–Crippen LogP) is 13.3. The first-order chi connectivity index (χ1) is 22.3. The van der Waals surface area contributed by atoms with Gasteiger partial charge < -0.3 is 16.5 Å². The molecule has 5 N–H and O–H groups in total. The number of hydrogen-bond donors (Lipinski definition) is 3. The van der Waals surface area contributed by atoms with Crippen molar-refractivity contribution in [1.82, 2.24) is 9.97 Å². The highest BCUT2D eigenvalue weighted by atomic mass is 79.9. The second-order valence-electron chi connectivity index (χ2n) is 7.85. The summed E-state index contributed by atoms with van der Waals surface area (Å²) in [5.41, 5.74) is 16.3. The molecule has 0 unspecified atom stereocenters. The monoisotopic (exact) mass is 786 g/mol. The maximum absolute atomic E-state index is 10.3. The lowest BCUT2D eigenvalue weighted by atomic mass is 10.2. The summed E-state index contributed by atoms with van der Waals surface area (Å²) in [5.74, 6) is 0.868. The summed E-state index contributed by atoms with van der Waals surface area (Å²) in [7, 11) is 0. The number of nitrogen functional groups attached to an aromatic ring is 2. The van der Waals surface area contributed by atoms with Gasteiger partial charge in [0.15, 0.2) is 0 Å². The summed E-state index contributed by atoms with van der Waals surface area (Å²) in [6.45, 7) is 16.0. The molecule has 47 heavy (non-hydrogen) atoms. The van der Waals surface area contributed by atoms with Crippen LogP contribution in [0.3, 0.4) is 0 Å². The third-order valence-corrected chi connectivity index (χ3v) is 6.06. The fourth-order valence-corrected chi connectivity index (χ4v) is 3.89. The van der Waals surface area contributed by atoms with E-state index < -0.39 is 5.24 Å². The summed E-state index contributed by atoms with van der Waals surface area (Å²) >= 11 is 11.8. The van der Waals surface area contributed by atoms with Crippen LogP contribution >= 0.6 is 43.5 Å². The average molecular weight is 789 g/mol. The van der Waals surface area contributed by atoms with E-state index in [1.807, 2.05) is 140 Å². The molecule has 0 aliphatic heterocycles. The van der Waals surface area contributed by atoms with Gasteiger partial charge in [0.05, 0.1) is 22.4 Å². The molecule has 0 aliphatic rings. The molecule has 5 aromatic rings. The zero-order valence-electron chi connectivity index (χ0n) is 28.2. The Morgan fingerprint density at radius 1 is 0.660 bits per heavy atom. The van der Waals surface area contributed by atoms with Crippen LogP contribution in [-0.4, -0.2) is 15.2 Å². The van der Waals surface area contributed by atoms with Crippen LogP contribution < -0.4 is 11.5 Å². The van der Waals surface area contributed by atoms with Gasteiger partial charge in [0.1, 0.15) is 5.82 Å². The normalized spacial score (nSPS) is 9.09. The lowest BCUT2D eigenvalue weighted by Crippen LogP contribution is -1.92. The summed E-state index contributed by atoms with van der Waals surface area (Å²) in [4.78, 5) is 18.1. The molecule has 8 heteroatoms. The molecule has 5 rings (SSSR count). The Kier molecular flexibility index (Phi) is 31.5. The summed E-state index contributed by atoms with van der Waals surface area (Å²) in [5, 5.41) is -0.450. The smallest absolute Gasteiger partial charge is 0.245 e. The number of nitrogens with one attached hydrogen (secondary N) is 1. The van der Waals surface area contributed by atoms with Crippen LogP contribution in [0.4, 0.5) is 11.4 Å². The van der Waals surface area contributed by atoms with Gasteiger partial charge in [0, 0.05) is 8.95 Å². The number of benzene rings is 4. The molecular weight excluding hydrogens is 736 g/mol. The molecule has 0 saturated heterocycles. The number of halogens is 3. The van der Waals surface area contributed by atoms with Crippen LogP contribution in [0.1, 0.15) is 79.8 Å². The van der Waals surface area contributed by atoms with E-state index in [2.05, 4.69) is 54.0 Å². The number of fused-ring (bicyclic) bond motifs is 1. The molecule has 0 amide bonds. The summed E-state index contributed by atoms with van der Waals surface area (Å²) in [6.07, 6.45) is 7.04. The minimum atomic E-state index is -0.450. The van der Waals surface area contributed by atoms with E-state index in [1.54, 1.807) is 18.2 Å². The largest absolute Gasteiger partial charge is 0.397 e. The Hall–Kier alpha value is -3.65. The van der Waals surface area contributed by atoms with E-state index in [0.29, 0.717) is 11.4 Å². The summed E-state index contributed by atoms with van der Waals surface area (Å²) < 4.78 is 2.01. The Balaban J connectivity index is -0.000000581. The number of nitrogens with two attached hydrogens (primary N) is 2. The van der Waals surface area contributed by atoms with Crippen LogP contribution in [0, 0.1) is 0 Å². The van der Waals surface area contributed by atoms with E-state index in [-0.39, 0.29) is 7.43 Å². The number of aromatic amines is 1. The second kappa shape index (κ2) is 31.0. The molecule has 0 saturated carbocycles. The van der Waals surface area contributed by atoms with Crippen molar-refractivity contribution in [2.45, 2.75) is 62.8 Å². The molecule has 0 bridgehead atoms. The van der Waals surface area contributed by atoms with E-state index in [4.69, 9.17) is 23.1 Å². The van der Waals surface area contributed by atoms with Crippen molar-refractivity contribution >= 4 is 89.3 Å². The van der Waals surface area contributed by atoms with Gasteiger partial charge in [-0.15, -0.1) is 0 Å². The molecule has 0 radical (unpaired) electrons. The van der Waals surface area contributed by atoms with Crippen molar-refractivity contribution in [3.8, 4) is 0 Å². The standard InChI is InChI=1S/C15H11BrN2.C9H7ClO.C6H7BrN2.4C2H6.CH4/c16-12-7-8-13-14(10-12)18-15(17-13)9-6-11-4-2-1-3-5-11;10-9(11)7-6-8-4-2-1-3-5-8;7-4-1-2-5(8)6(9)3-4;4*1-2;/h1-10H,(H,17,18);1-7H;1-3H,8-9H2;4*1-2H3;1H4/b9-6+;7-6+;;;;;;. The van der Waals surface area contributed by atoms with E-state index in [1.165, 1.54) is 11.6 Å². The highest BCUT2D eigenvalue weighted by molar-refractivity contribution is 9.10. The van der Waals surface area contributed by atoms with Crippen molar-refractivity contribution < 1.29 is 4.79 Å². The maximum Gasteiger partial charge on any atom is 0.245 e. The molecule has 0 spiro atoms. The third-order valence-electron chi connectivity index (χ3n) is 4.95. The number of carbonyl (C=O) groups is 1. The van der Waals surface area contributed by atoms with Crippen LogP contribution in [0.15, 0.2) is 112 Å². The first-order valence-corrected chi connectivity index (χ1v) is 17.4. The number of imidazole rings is 1. The summed E-state index contributed by atoms with van der Waals surface area (Å²) in [6, 6.07) is 31.1. The minimum absolute atomic E-state index is 0. The van der Waals surface area contributed by atoms with Crippen molar-refractivity contribution in [3.05, 3.63) is 129 Å². The van der Waals surface area contributed by atoms with Gasteiger partial charge >= 0.3 is 0 Å². The van der Waals surface area contributed by atoms with Crippen molar-refractivity contribution in [3.63, 3.8) is 0 Å². The lowest BCUT2D eigenvalue weighted by Gasteiger charge is -1.97. The first kappa shape index (κ1) is 47.8. The lowest BCUT2D eigenvalue weighted by molar-refractivity contribution is -0.107. The van der Waals surface area contributed by atoms with Crippen LogP contribution in [0.2, 0.25) is 0 Å². The molecule has 5 nitrogen and oxygen atoms in total. The molecule has 0 fully saturated rings. The van der Waals surface area contributed by atoms with Gasteiger partial charge in [-0.25, -0.2) is 4.98 Å². The van der Waals surface area contributed by atoms with Crippen LogP contribution in [0.5, 0.6) is 0 Å². The highest BCUT2D eigenvalue weighted by Gasteiger charge is 2.00. The predicted molar refractivity (Wildman–Crippen MR) is 221 cm³/mol. The third kappa shape index (κ3) is 21.7. The Bertz CT molecular complexity index is 1540.